The summed E-state index contributed by atoms with van der Waals surface area (Å²) in [6.07, 6.45) is 0.385. The number of halogens is 1. The number of hydrogen-bond donors (Lipinski definition) is 3. The summed E-state index contributed by atoms with van der Waals surface area (Å²) in [4.78, 5) is 39.2. The first-order valence-electron chi connectivity index (χ1n) is 6.33. The van der Waals surface area contributed by atoms with E-state index in [9.17, 15) is 14.4 Å². The first-order valence-corrected chi connectivity index (χ1v) is 6.71. The monoisotopic (exact) mass is 307 g/mol. The van der Waals surface area contributed by atoms with Gasteiger partial charge < -0.3 is 10.3 Å². The van der Waals surface area contributed by atoms with E-state index in [4.69, 9.17) is 11.6 Å². The minimum atomic E-state index is -0.549. The van der Waals surface area contributed by atoms with E-state index in [2.05, 4.69) is 15.3 Å². The number of benzene rings is 1. The Labute approximate surface area is 125 Å². The summed E-state index contributed by atoms with van der Waals surface area (Å²) in [6, 6.07) is 6.73. The summed E-state index contributed by atoms with van der Waals surface area (Å²) < 4.78 is 0. The molecule has 1 heterocycles. The average molecular weight is 308 g/mol. The fraction of sp³-hybridized carbons (Fsp3) is 0.214. The molecule has 2 rings (SSSR count). The Morgan fingerprint density at radius 2 is 1.86 bits per heavy atom. The zero-order valence-electron chi connectivity index (χ0n) is 11.3. The number of H-pyrrole nitrogens is 2. The van der Waals surface area contributed by atoms with Gasteiger partial charge >= 0.3 is 5.69 Å². The molecule has 0 spiro atoms. The first kappa shape index (κ1) is 15.1. The zero-order valence-corrected chi connectivity index (χ0v) is 12.1. The van der Waals surface area contributed by atoms with E-state index in [0.29, 0.717) is 22.0 Å². The maximum absolute atomic E-state index is 11.8. The van der Waals surface area contributed by atoms with Crippen LogP contribution in [-0.2, 0) is 11.2 Å². The van der Waals surface area contributed by atoms with Crippen LogP contribution in [0.4, 0.5) is 5.69 Å². The van der Waals surface area contributed by atoms with Crippen molar-refractivity contribution in [3.63, 3.8) is 0 Å². The van der Waals surface area contributed by atoms with Gasteiger partial charge in [0.25, 0.3) is 5.56 Å². The highest BCUT2D eigenvalue weighted by molar-refractivity contribution is 6.30. The molecule has 0 saturated carbocycles. The molecular formula is C14H14ClN3O3. The van der Waals surface area contributed by atoms with Crippen LogP contribution >= 0.6 is 11.6 Å². The summed E-state index contributed by atoms with van der Waals surface area (Å²) in [7, 11) is 0. The van der Waals surface area contributed by atoms with Crippen LogP contribution < -0.4 is 16.6 Å². The molecule has 110 valence electrons. The lowest BCUT2D eigenvalue weighted by atomic mass is 10.1. The van der Waals surface area contributed by atoms with Crippen molar-refractivity contribution in [1.29, 1.82) is 0 Å². The van der Waals surface area contributed by atoms with Crippen molar-refractivity contribution < 1.29 is 4.79 Å². The number of aromatic amines is 2. The Morgan fingerprint density at radius 1 is 1.19 bits per heavy atom. The third kappa shape index (κ3) is 4.06. The number of nitrogens with one attached hydrogen (secondary N) is 3. The van der Waals surface area contributed by atoms with Crippen molar-refractivity contribution in [2.45, 2.75) is 19.8 Å². The van der Waals surface area contributed by atoms with E-state index in [0.717, 1.165) is 0 Å². The highest BCUT2D eigenvalue weighted by Gasteiger charge is 2.09. The van der Waals surface area contributed by atoms with E-state index in [1.165, 1.54) is 0 Å². The molecule has 0 saturated heterocycles. The molecular weight excluding hydrogens is 294 g/mol. The van der Waals surface area contributed by atoms with E-state index >= 15 is 0 Å². The number of anilines is 1. The average Bonchev–Trinajstić information content (AvgIpc) is 2.40. The number of hydrogen-bond acceptors (Lipinski definition) is 3. The van der Waals surface area contributed by atoms with Crippen molar-refractivity contribution in [2.75, 3.05) is 5.32 Å². The Morgan fingerprint density at radius 3 is 2.48 bits per heavy atom. The second-order valence-corrected chi connectivity index (χ2v) is 5.00. The van der Waals surface area contributed by atoms with Crippen LogP contribution in [0.2, 0.25) is 5.02 Å². The molecule has 21 heavy (non-hydrogen) atoms. The third-order valence-electron chi connectivity index (χ3n) is 2.98. The van der Waals surface area contributed by atoms with Gasteiger partial charge in [-0.2, -0.15) is 0 Å². The SMILES string of the molecule is Cc1[nH]c(=O)[nH]c(=O)c1CCC(=O)Nc1ccc(Cl)cc1. The molecule has 2 aromatic rings. The molecule has 0 aliphatic rings. The molecule has 6 nitrogen and oxygen atoms in total. The molecule has 1 amide bonds. The molecule has 7 heteroatoms. The van der Waals surface area contributed by atoms with Crippen LogP contribution in [0.15, 0.2) is 33.9 Å². The van der Waals surface area contributed by atoms with Gasteiger partial charge in [-0.25, -0.2) is 4.79 Å². The van der Waals surface area contributed by atoms with Crippen LogP contribution in [-0.4, -0.2) is 15.9 Å². The lowest BCUT2D eigenvalue weighted by molar-refractivity contribution is -0.116. The van der Waals surface area contributed by atoms with Gasteiger partial charge in [-0.3, -0.25) is 14.6 Å². The van der Waals surface area contributed by atoms with Gasteiger partial charge in [0.05, 0.1) is 0 Å². The molecule has 3 N–H and O–H groups in total. The van der Waals surface area contributed by atoms with E-state index in [1.54, 1.807) is 31.2 Å². The van der Waals surface area contributed by atoms with Gasteiger partial charge in [-0.05, 0) is 37.6 Å². The quantitative estimate of drug-likeness (QED) is 0.800. The fourth-order valence-corrected chi connectivity index (χ4v) is 2.05. The normalized spacial score (nSPS) is 10.4. The highest BCUT2D eigenvalue weighted by Crippen LogP contribution is 2.13. The van der Waals surface area contributed by atoms with Crippen molar-refractivity contribution >= 4 is 23.2 Å². The minimum absolute atomic E-state index is 0.137. The van der Waals surface area contributed by atoms with E-state index in [1.807, 2.05) is 0 Å². The largest absolute Gasteiger partial charge is 0.326 e. The van der Waals surface area contributed by atoms with Crippen molar-refractivity contribution in [2.24, 2.45) is 0 Å². The molecule has 0 atom stereocenters. The molecule has 0 aliphatic heterocycles. The first-order chi connectivity index (χ1) is 9.95. The number of carbonyl (C=O) groups is 1. The molecule has 1 aromatic carbocycles. The number of carbonyl (C=O) groups excluding carboxylic acids is 1. The van der Waals surface area contributed by atoms with E-state index < -0.39 is 11.2 Å². The third-order valence-corrected chi connectivity index (χ3v) is 3.24. The van der Waals surface area contributed by atoms with Crippen molar-refractivity contribution in [1.82, 2.24) is 9.97 Å². The number of amides is 1. The summed E-state index contributed by atoms with van der Waals surface area (Å²) in [6.45, 7) is 1.63. The van der Waals surface area contributed by atoms with Gasteiger partial charge in [-0.1, -0.05) is 11.6 Å². The van der Waals surface area contributed by atoms with Crippen molar-refractivity contribution in [3.8, 4) is 0 Å². The smallest absolute Gasteiger partial charge is 0.325 e. The number of aromatic nitrogens is 2. The fourth-order valence-electron chi connectivity index (χ4n) is 1.92. The molecule has 0 bridgehead atoms. The number of aryl methyl sites for hydroxylation is 1. The van der Waals surface area contributed by atoms with Crippen LogP contribution in [0.25, 0.3) is 0 Å². The summed E-state index contributed by atoms with van der Waals surface area (Å²) in [5.41, 5.74) is 0.503. The van der Waals surface area contributed by atoms with Gasteiger partial charge in [-0.15, -0.1) is 0 Å². The van der Waals surface area contributed by atoms with Gasteiger partial charge in [0.1, 0.15) is 0 Å². The van der Waals surface area contributed by atoms with Gasteiger partial charge in [0.2, 0.25) is 5.91 Å². The maximum Gasteiger partial charge on any atom is 0.325 e. The molecule has 0 fully saturated rings. The second-order valence-electron chi connectivity index (χ2n) is 4.57. The van der Waals surface area contributed by atoms with Gasteiger partial charge in [0, 0.05) is 28.4 Å². The van der Waals surface area contributed by atoms with Crippen LogP contribution in [0, 0.1) is 6.92 Å². The number of rotatable bonds is 4. The molecule has 0 radical (unpaired) electrons. The summed E-state index contributed by atoms with van der Waals surface area (Å²) in [5, 5.41) is 3.29. The predicted octanol–water partition coefficient (Wildman–Crippen LogP) is 1.60. The maximum atomic E-state index is 11.8. The standard InChI is InChI=1S/C14H14ClN3O3/c1-8-11(13(20)18-14(21)16-8)6-7-12(19)17-10-4-2-9(15)3-5-10/h2-5H,6-7H2,1H3,(H,17,19)(H2,16,18,20,21). The Bertz CT molecular complexity index is 762. The lowest BCUT2D eigenvalue weighted by Crippen LogP contribution is -2.27. The Kier molecular flexibility index (Phi) is 4.59. The lowest BCUT2D eigenvalue weighted by Gasteiger charge is -2.06. The summed E-state index contributed by atoms with van der Waals surface area (Å²) in [5.74, 6) is -0.220. The van der Waals surface area contributed by atoms with Crippen LogP contribution in [0.3, 0.4) is 0 Å². The van der Waals surface area contributed by atoms with E-state index in [-0.39, 0.29) is 18.7 Å². The predicted molar refractivity (Wildman–Crippen MR) is 80.8 cm³/mol. The topological polar surface area (TPSA) is 94.8 Å². The zero-order chi connectivity index (χ0) is 15.4. The Balaban J connectivity index is 2.00. The minimum Gasteiger partial charge on any atom is -0.326 e. The second kappa shape index (κ2) is 6.41. The Hall–Kier alpha value is -2.34. The molecule has 0 aliphatic carbocycles. The molecule has 0 unspecified atom stereocenters. The highest BCUT2D eigenvalue weighted by atomic mass is 35.5. The van der Waals surface area contributed by atoms with Gasteiger partial charge in [0.15, 0.2) is 0 Å². The van der Waals surface area contributed by atoms with Crippen LogP contribution in [0.1, 0.15) is 17.7 Å². The summed E-state index contributed by atoms with van der Waals surface area (Å²) >= 11 is 5.76. The van der Waals surface area contributed by atoms with Crippen molar-refractivity contribution in [3.05, 3.63) is 61.4 Å². The van der Waals surface area contributed by atoms with Crippen LogP contribution in [0.5, 0.6) is 0 Å². The molecule has 1 aromatic heterocycles.